The Balaban J connectivity index is 2.46. The third kappa shape index (κ3) is 6.97. The molecular formula is C16H19ClN4O3. The summed E-state index contributed by atoms with van der Waals surface area (Å²) in [7, 11) is 1.32. The van der Waals surface area contributed by atoms with E-state index in [1.165, 1.54) is 13.2 Å². The average Bonchev–Trinajstić information content (AvgIpc) is 2.54. The van der Waals surface area contributed by atoms with Crippen LogP contribution in [0.3, 0.4) is 0 Å². The molecule has 0 aliphatic carbocycles. The summed E-state index contributed by atoms with van der Waals surface area (Å²) < 4.78 is 5.19. The maximum Gasteiger partial charge on any atom is 0.271 e. The van der Waals surface area contributed by atoms with E-state index in [0.717, 1.165) is 5.69 Å². The molecule has 0 radical (unpaired) electrons. The lowest BCUT2D eigenvalue weighted by atomic mass is 10.1. The van der Waals surface area contributed by atoms with Gasteiger partial charge in [-0.05, 0) is 42.8 Å². The Morgan fingerprint density at radius 1 is 1.42 bits per heavy atom. The molecule has 0 heterocycles. The lowest BCUT2D eigenvalue weighted by Crippen LogP contribution is -2.24. The first-order valence-corrected chi connectivity index (χ1v) is 7.30. The molecule has 4 N–H and O–H groups in total. The van der Waals surface area contributed by atoms with Crippen molar-refractivity contribution >= 4 is 34.8 Å². The highest BCUT2D eigenvalue weighted by atomic mass is 35.5. The first-order valence-electron chi connectivity index (χ1n) is 6.92. The van der Waals surface area contributed by atoms with Gasteiger partial charge in [-0.15, -0.1) is 0 Å². The quantitative estimate of drug-likeness (QED) is 0.380. The van der Waals surface area contributed by atoms with E-state index in [2.05, 4.69) is 15.3 Å². The molecule has 0 fully saturated rings. The Labute approximate surface area is 145 Å². The van der Waals surface area contributed by atoms with Gasteiger partial charge in [-0.1, -0.05) is 16.8 Å². The molecule has 0 aromatic heterocycles. The van der Waals surface area contributed by atoms with E-state index >= 15 is 0 Å². The van der Waals surface area contributed by atoms with Gasteiger partial charge < -0.3 is 20.6 Å². The first-order chi connectivity index (χ1) is 11.4. The molecule has 1 aromatic rings. The van der Waals surface area contributed by atoms with Crippen LogP contribution in [0, 0.1) is 5.41 Å². The van der Waals surface area contributed by atoms with Crippen LogP contribution in [0.4, 0.5) is 5.69 Å². The first kappa shape index (κ1) is 19.2. The summed E-state index contributed by atoms with van der Waals surface area (Å²) in [5.41, 5.74) is 6.53. The number of benzene rings is 1. The molecule has 8 heteroatoms. The summed E-state index contributed by atoms with van der Waals surface area (Å²) in [5.74, 6) is -0.752. The molecule has 0 spiro atoms. The number of anilines is 1. The van der Waals surface area contributed by atoms with Crippen molar-refractivity contribution in [1.82, 2.24) is 0 Å². The number of primary amides is 1. The van der Waals surface area contributed by atoms with Crippen LogP contribution >= 0.6 is 11.6 Å². The second kappa shape index (κ2) is 10.1. The number of hydrogen-bond acceptors (Lipinski definition) is 6. The minimum absolute atomic E-state index is 0.00702. The number of amides is 1. The van der Waals surface area contributed by atoms with Gasteiger partial charge in [-0.2, -0.15) is 0 Å². The van der Waals surface area contributed by atoms with Crippen molar-refractivity contribution in [3.8, 4) is 0 Å². The highest BCUT2D eigenvalue weighted by molar-refractivity contribution is 6.44. The molecule has 1 rings (SSSR count). The third-order valence-corrected chi connectivity index (χ3v) is 3.00. The van der Waals surface area contributed by atoms with Gasteiger partial charge in [-0.3, -0.25) is 10.2 Å². The molecular weight excluding hydrogens is 332 g/mol. The lowest BCUT2D eigenvalue weighted by molar-refractivity contribution is -0.112. The van der Waals surface area contributed by atoms with Crippen molar-refractivity contribution in [2.45, 2.75) is 6.92 Å². The zero-order valence-corrected chi connectivity index (χ0v) is 14.1. The fourth-order valence-electron chi connectivity index (χ4n) is 1.56. The number of halogens is 1. The van der Waals surface area contributed by atoms with Crippen molar-refractivity contribution in [3.05, 3.63) is 53.2 Å². The average molecular weight is 351 g/mol. The van der Waals surface area contributed by atoms with Gasteiger partial charge >= 0.3 is 0 Å². The maximum absolute atomic E-state index is 11.2. The minimum Gasteiger partial charge on any atom is -0.474 e. The topological polar surface area (TPSA) is 110 Å². The molecule has 0 aliphatic heterocycles. The molecule has 0 bridgehead atoms. The molecule has 1 amide bonds. The standard InChI is InChI=1S/C16H19ClN4O3/c1-11(15(16(19)22)21-23-2)8-10-24-14(18)7-9-20-13-5-3-12(17)4-6-13/h3-9,18,20H,10H2,1-2H3,(H2,19,22)/b9-7-,11-8-,18-14?,21-15+. The van der Waals surface area contributed by atoms with Crippen molar-refractivity contribution in [2.24, 2.45) is 10.9 Å². The Kier molecular flexibility index (Phi) is 8.07. The second-order valence-corrected chi connectivity index (χ2v) is 4.97. The van der Waals surface area contributed by atoms with E-state index in [4.69, 9.17) is 27.5 Å². The summed E-state index contributed by atoms with van der Waals surface area (Å²) in [4.78, 5) is 15.7. The van der Waals surface area contributed by atoms with Crippen LogP contribution < -0.4 is 11.1 Å². The molecule has 0 atom stereocenters. The summed E-state index contributed by atoms with van der Waals surface area (Å²) >= 11 is 5.79. The Bertz CT molecular complexity index is 666. The van der Waals surface area contributed by atoms with Gasteiger partial charge in [0.2, 0.25) is 5.90 Å². The van der Waals surface area contributed by atoms with Crippen LogP contribution in [0.1, 0.15) is 6.92 Å². The largest absolute Gasteiger partial charge is 0.474 e. The smallest absolute Gasteiger partial charge is 0.271 e. The zero-order chi connectivity index (χ0) is 17.9. The number of carbonyl (C=O) groups is 1. The van der Waals surface area contributed by atoms with E-state index in [1.807, 2.05) is 12.1 Å². The van der Waals surface area contributed by atoms with Crippen LogP contribution in [-0.4, -0.2) is 31.2 Å². The number of carbonyl (C=O) groups excluding carboxylic acids is 1. The van der Waals surface area contributed by atoms with E-state index in [-0.39, 0.29) is 18.2 Å². The van der Waals surface area contributed by atoms with E-state index in [9.17, 15) is 4.79 Å². The fraction of sp³-hybridized carbons (Fsp3) is 0.188. The minimum atomic E-state index is -0.701. The molecule has 24 heavy (non-hydrogen) atoms. The van der Waals surface area contributed by atoms with Crippen molar-refractivity contribution < 1.29 is 14.4 Å². The van der Waals surface area contributed by atoms with Gasteiger partial charge in [0.1, 0.15) is 13.7 Å². The fourth-order valence-corrected chi connectivity index (χ4v) is 1.69. The van der Waals surface area contributed by atoms with Crippen LogP contribution in [0.15, 0.2) is 53.3 Å². The van der Waals surface area contributed by atoms with Gasteiger partial charge in [0.05, 0.1) is 0 Å². The van der Waals surface area contributed by atoms with Gasteiger partial charge in [0.25, 0.3) is 5.91 Å². The monoisotopic (exact) mass is 350 g/mol. The highest BCUT2D eigenvalue weighted by Gasteiger charge is 2.10. The van der Waals surface area contributed by atoms with Crippen molar-refractivity contribution in [1.29, 1.82) is 5.41 Å². The normalized spacial score (nSPS) is 12.1. The van der Waals surface area contributed by atoms with Gasteiger partial charge in [0, 0.05) is 23.0 Å². The molecule has 0 unspecified atom stereocenters. The van der Waals surface area contributed by atoms with E-state index in [1.54, 1.807) is 31.3 Å². The molecule has 128 valence electrons. The van der Waals surface area contributed by atoms with Crippen molar-refractivity contribution in [2.75, 3.05) is 19.0 Å². The highest BCUT2D eigenvalue weighted by Crippen LogP contribution is 2.13. The number of hydrogen-bond donors (Lipinski definition) is 3. The van der Waals surface area contributed by atoms with Crippen LogP contribution in [0.25, 0.3) is 0 Å². The lowest BCUT2D eigenvalue weighted by Gasteiger charge is -2.04. The Morgan fingerprint density at radius 2 is 2.08 bits per heavy atom. The Hall–Kier alpha value is -2.80. The summed E-state index contributed by atoms with van der Waals surface area (Å²) in [6.45, 7) is 1.74. The zero-order valence-electron chi connectivity index (χ0n) is 13.4. The molecule has 1 aromatic carbocycles. The summed E-state index contributed by atoms with van der Waals surface area (Å²) in [6.07, 6.45) is 4.61. The van der Waals surface area contributed by atoms with Crippen LogP contribution in [0.5, 0.6) is 0 Å². The second-order valence-electron chi connectivity index (χ2n) is 4.53. The predicted octanol–water partition coefficient (Wildman–Crippen LogP) is 2.69. The summed E-state index contributed by atoms with van der Waals surface area (Å²) in [6, 6.07) is 7.13. The number of nitrogens with one attached hydrogen (secondary N) is 2. The summed E-state index contributed by atoms with van der Waals surface area (Å²) in [5, 5.41) is 14.8. The van der Waals surface area contributed by atoms with Gasteiger partial charge in [0.15, 0.2) is 5.71 Å². The maximum atomic E-state index is 11.2. The molecule has 0 saturated carbocycles. The SMILES string of the molecule is CO/N=C(C(N)=O)\C(C)=C/COC(=N)/C=C\Nc1ccc(Cl)cc1. The molecule has 0 aliphatic rings. The number of nitrogens with two attached hydrogens (primary N) is 1. The number of oxime groups is 1. The number of ether oxygens (including phenoxy) is 1. The third-order valence-electron chi connectivity index (χ3n) is 2.75. The number of nitrogens with zero attached hydrogens (tertiary/aromatic N) is 1. The molecule has 7 nitrogen and oxygen atoms in total. The van der Waals surface area contributed by atoms with E-state index < -0.39 is 5.91 Å². The van der Waals surface area contributed by atoms with Crippen molar-refractivity contribution in [3.63, 3.8) is 0 Å². The van der Waals surface area contributed by atoms with E-state index in [0.29, 0.717) is 10.6 Å². The number of rotatable bonds is 8. The molecule has 0 saturated heterocycles. The predicted molar refractivity (Wildman–Crippen MR) is 95.3 cm³/mol. The van der Waals surface area contributed by atoms with Gasteiger partial charge in [-0.25, -0.2) is 0 Å². The van der Waals surface area contributed by atoms with Crippen LogP contribution in [0.2, 0.25) is 5.02 Å². The van der Waals surface area contributed by atoms with Crippen LogP contribution in [-0.2, 0) is 14.4 Å². The Morgan fingerprint density at radius 3 is 2.67 bits per heavy atom.